The summed E-state index contributed by atoms with van der Waals surface area (Å²) in [5, 5.41) is 0. The van der Waals surface area contributed by atoms with Gasteiger partial charge in [0.15, 0.2) is 0 Å². The van der Waals surface area contributed by atoms with Crippen molar-refractivity contribution in [1.29, 1.82) is 0 Å². The Morgan fingerprint density at radius 3 is 2.56 bits per heavy atom. The van der Waals surface area contributed by atoms with Crippen molar-refractivity contribution in [3.63, 3.8) is 0 Å². The highest BCUT2D eigenvalue weighted by Crippen LogP contribution is 1.96. The van der Waals surface area contributed by atoms with E-state index in [1.54, 1.807) is 0 Å². The van der Waals surface area contributed by atoms with Crippen LogP contribution in [0.15, 0.2) is 24.8 Å². The van der Waals surface area contributed by atoms with Crippen LogP contribution in [0.1, 0.15) is 32.6 Å². The minimum atomic E-state index is 1.15. The normalized spacial score (nSPS) is 10.3. The first-order chi connectivity index (χ1) is 4.41. The van der Waals surface area contributed by atoms with Gasteiger partial charge in [0.1, 0.15) is 0 Å². The first-order valence-corrected chi connectivity index (χ1v) is 3.67. The summed E-state index contributed by atoms with van der Waals surface area (Å²) in [5.74, 6) is 0. The number of allylic oxidation sites excluding steroid dienone is 3. The van der Waals surface area contributed by atoms with E-state index in [-0.39, 0.29) is 0 Å². The van der Waals surface area contributed by atoms with Crippen LogP contribution in [-0.2, 0) is 0 Å². The Labute approximate surface area is 58.3 Å². The molecule has 0 atom stereocenters. The molecule has 0 rings (SSSR count). The van der Waals surface area contributed by atoms with Gasteiger partial charge in [0.2, 0.25) is 0 Å². The molecule has 0 nitrogen and oxygen atoms in total. The van der Waals surface area contributed by atoms with Crippen molar-refractivity contribution in [2.75, 3.05) is 0 Å². The van der Waals surface area contributed by atoms with Gasteiger partial charge in [-0.05, 0) is 25.7 Å². The topological polar surface area (TPSA) is 0 Å². The third kappa shape index (κ3) is 7.48. The number of hydrogen-bond donors (Lipinski definition) is 0. The van der Waals surface area contributed by atoms with Gasteiger partial charge in [-0.3, -0.25) is 0 Å². The zero-order valence-corrected chi connectivity index (χ0v) is 6.27. The summed E-state index contributed by atoms with van der Waals surface area (Å²) in [4.78, 5) is 0. The van der Waals surface area contributed by atoms with E-state index in [0.29, 0.717) is 0 Å². The van der Waals surface area contributed by atoms with Crippen molar-refractivity contribution in [1.82, 2.24) is 0 Å². The van der Waals surface area contributed by atoms with Gasteiger partial charge in [0, 0.05) is 0 Å². The third-order valence-corrected chi connectivity index (χ3v) is 1.18. The summed E-state index contributed by atoms with van der Waals surface area (Å²) in [6, 6.07) is 0. The minimum absolute atomic E-state index is 1.15. The van der Waals surface area contributed by atoms with Crippen LogP contribution in [0.4, 0.5) is 0 Å². The lowest BCUT2D eigenvalue weighted by atomic mass is 10.2. The monoisotopic (exact) mass is 124 g/mol. The fraction of sp³-hybridized carbons (Fsp3) is 0.556. The summed E-state index contributed by atoms with van der Waals surface area (Å²) < 4.78 is 0. The van der Waals surface area contributed by atoms with Crippen LogP contribution < -0.4 is 0 Å². The molecule has 0 amide bonds. The maximum absolute atomic E-state index is 3.65. The second-order valence-corrected chi connectivity index (χ2v) is 2.10. The molecule has 0 fully saturated rings. The number of unbranched alkanes of at least 4 members (excludes halogenated alkanes) is 2. The molecular formula is C9H16. The Bertz CT molecular complexity index is 80.0. The molecule has 0 unspecified atom stereocenters. The lowest BCUT2D eigenvalue weighted by molar-refractivity contribution is 0.866. The van der Waals surface area contributed by atoms with Crippen LogP contribution in [0.25, 0.3) is 0 Å². The molecule has 0 heterocycles. The first kappa shape index (κ1) is 8.48. The highest BCUT2D eigenvalue weighted by atomic mass is 13.8. The molecule has 0 radical (unpaired) electrons. The summed E-state index contributed by atoms with van der Waals surface area (Å²) >= 11 is 0. The van der Waals surface area contributed by atoms with Crippen LogP contribution in [-0.4, -0.2) is 0 Å². The van der Waals surface area contributed by atoms with Gasteiger partial charge >= 0.3 is 0 Å². The van der Waals surface area contributed by atoms with Crippen LogP contribution in [0.2, 0.25) is 0 Å². The van der Waals surface area contributed by atoms with E-state index in [1.165, 1.54) is 12.8 Å². The van der Waals surface area contributed by atoms with E-state index >= 15 is 0 Å². The van der Waals surface area contributed by atoms with Crippen molar-refractivity contribution in [3.8, 4) is 0 Å². The molecule has 0 saturated carbocycles. The highest BCUT2D eigenvalue weighted by molar-refractivity contribution is 4.80. The average molecular weight is 124 g/mol. The lowest BCUT2D eigenvalue weighted by Gasteiger charge is -1.86. The largest absolute Gasteiger partial charge is 0.103 e. The predicted molar refractivity (Wildman–Crippen MR) is 43.5 cm³/mol. The van der Waals surface area contributed by atoms with E-state index < -0.39 is 0 Å². The molecule has 0 aromatic rings. The molecule has 0 bridgehead atoms. The molecule has 0 aliphatic heterocycles. The molecule has 0 N–H and O–H groups in total. The second kappa shape index (κ2) is 7.48. The quantitative estimate of drug-likeness (QED) is 0.389. The molecule has 0 aromatic carbocycles. The SMILES string of the molecule is C=CCCC/C=C/CC. The standard InChI is InChI=1S/C9H16/c1-3-5-7-9-8-6-4-2/h3,6,8H,1,4-5,7,9H2,2H3/b8-6+. The molecule has 0 spiro atoms. The first-order valence-electron chi connectivity index (χ1n) is 3.67. The fourth-order valence-corrected chi connectivity index (χ4v) is 0.665. The van der Waals surface area contributed by atoms with Crippen molar-refractivity contribution in [2.45, 2.75) is 32.6 Å². The van der Waals surface area contributed by atoms with Gasteiger partial charge in [-0.15, -0.1) is 6.58 Å². The Kier molecular flexibility index (Phi) is 7.05. The van der Waals surface area contributed by atoms with E-state index in [2.05, 4.69) is 25.7 Å². The molecule has 9 heavy (non-hydrogen) atoms. The van der Waals surface area contributed by atoms with Gasteiger partial charge in [0.25, 0.3) is 0 Å². The molecule has 0 saturated heterocycles. The predicted octanol–water partition coefficient (Wildman–Crippen LogP) is 3.31. The second-order valence-electron chi connectivity index (χ2n) is 2.10. The maximum atomic E-state index is 3.65. The van der Waals surface area contributed by atoms with E-state index in [4.69, 9.17) is 0 Å². The number of rotatable bonds is 5. The van der Waals surface area contributed by atoms with Crippen LogP contribution >= 0.6 is 0 Å². The van der Waals surface area contributed by atoms with Gasteiger partial charge in [-0.2, -0.15) is 0 Å². The van der Waals surface area contributed by atoms with Gasteiger partial charge in [-0.25, -0.2) is 0 Å². The fourth-order valence-electron chi connectivity index (χ4n) is 0.665. The molecule has 0 heteroatoms. The molecule has 52 valence electrons. The van der Waals surface area contributed by atoms with Crippen LogP contribution in [0.3, 0.4) is 0 Å². The zero-order chi connectivity index (χ0) is 6.95. The molecule has 0 aliphatic rings. The van der Waals surface area contributed by atoms with Gasteiger partial charge in [0.05, 0.1) is 0 Å². The van der Waals surface area contributed by atoms with Gasteiger partial charge in [-0.1, -0.05) is 25.2 Å². The maximum Gasteiger partial charge on any atom is -0.0348 e. The summed E-state index contributed by atoms with van der Waals surface area (Å²) in [5.41, 5.74) is 0. The third-order valence-electron chi connectivity index (χ3n) is 1.18. The highest BCUT2D eigenvalue weighted by Gasteiger charge is 1.76. The number of hydrogen-bond acceptors (Lipinski definition) is 0. The van der Waals surface area contributed by atoms with E-state index in [9.17, 15) is 0 Å². The Morgan fingerprint density at radius 2 is 2.00 bits per heavy atom. The van der Waals surface area contributed by atoms with Crippen LogP contribution in [0.5, 0.6) is 0 Å². The summed E-state index contributed by atoms with van der Waals surface area (Å²) in [6.45, 7) is 5.81. The van der Waals surface area contributed by atoms with Crippen molar-refractivity contribution in [2.24, 2.45) is 0 Å². The van der Waals surface area contributed by atoms with Crippen LogP contribution in [0, 0.1) is 0 Å². The molecular weight excluding hydrogens is 108 g/mol. The van der Waals surface area contributed by atoms with Crippen molar-refractivity contribution < 1.29 is 0 Å². The minimum Gasteiger partial charge on any atom is -0.103 e. The van der Waals surface area contributed by atoms with E-state index in [1.807, 2.05) is 6.08 Å². The smallest absolute Gasteiger partial charge is 0.0348 e. The van der Waals surface area contributed by atoms with Crippen molar-refractivity contribution in [3.05, 3.63) is 24.8 Å². The summed E-state index contributed by atoms with van der Waals surface area (Å²) in [6.07, 6.45) is 11.2. The Hall–Kier alpha value is -0.520. The molecule has 0 aromatic heterocycles. The average Bonchev–Trinajstić information content (AvgIpc) is 1.89. The van der Waals surface area contributed by atoms with E-state index in [0.717, 1.165) is 12.8 Å². The molecule has 0 aliphatic carbocycles. The Morgan fingerprint density at radius 1 is 1.22 bits per heavy atom. The Balaban J connectivity index is 2.90. The van der Waals surface area contributed by atoms with Crippen molar-refractivity contribution >= 4 is 0 Å². The lowest BCUT2D eigenvalue weighted by Crippen LogP contribution is -1.66. The summed E-state index contributed by atoms with van der Waals surface area (Å²) in [7, 11) is 0. The van der Waals surface area contributed by atoms with Gasteiger partial charge < -0.3 is 0 Å². The zero-order valence-electron chi connectivity index (χ0n) is 6.27.